The summed E-state index contributed by atoms with van der Waals surface area (Å²) in [7, 11) is 0. The number of aliphatic hydroxyl groups is 1. The fourth-order valence-electron chi connectivity index (χ4n) is 2.39. The fourth-order valence-corrected chi connectivity index (χ4v) is 2.50. The molecule has 0 aromatic carbocycles. The number of pyridine rings is 1. The summed E-state index contributed by atoms with van der Waals surface area (Å²) in [5.74, 6) is 0.415. The van der Waals surface area contributed by atoms with Crippen molar-refractivity contribution in [2.75, 3.05) is 18.0 Å². The molecule has 1 aromatic rings. The van der Waals surface area contributed by atoms with Crippen LogP contribution in [0.15, 0.2) is 18.3 Å². The number of aromatic nitrogens is 1. The number of rotatable bonds is 3. The molecule has 5 heteroatoms. The largest absolute Gasteiger partial charge is 0.393 e. The number of piperidine rings is 1. The highest BCUT2D eigenvalue weighted by atomic mass is 32.1. The van der Waals surface area contributed by atoms with E-state index in [1.807, 2.05) is 19.1 Å². The maximum Gasteiger partial charge on any atom is 0.122 e. The van der Waals surface area contributed by atoms with Gasteiger partial charge in [0.1, 0.15) is 4.99 Å². The van der Waals surface area contributed by atoms with Crippen LogP contribution in [0.25, 0.3) is 0 Å². The number of thiocarbonyl (C=S) groups is 1. The van der Waals surface area contributed by atoms with Gasteiger partial charge in [-0.3, -0.25) is 4.98 Å². The van der Waals surface area contributed by atoms with Gasteiger partial charge in [-0.2, -0.15) is 0 Å². The van der Waals surface area contributed by atoms with Crippen LogP contribution in [-0.4, -0.2) is 34.3 Å². The maximum atomic E-state index is 9.59. The van der Waals surface area contributed by atoms with Crippen LogP contribution < -0.4 is 10.6 Å². The molecule has 0 saturated carbocycles. The molecule has 1 fully saturated rings. The summed E-state index contributed by atoms with van der Waals surface area (Å²) in [5, 5.41) is 9.59. The Labute approximate surface area is 113 Å². The maximum absolute atomic E-state index is 9.59. The van der Waals surface area contributed by atoms with Crippen LogP contribution in [0.5, 0.6) is 0 Å². The molecule has 0 amide bonds. The van der Waals surface area contributed by atoms with E-state index < -0.39 is 0 Å². The number of hydrogen-bond donors (Lipinski definition) is 2. The minimum atomic E-state index is -0.211. The van der Waals surface area contributed by atoms with Crippen LogP contribution in [0, 0.1) is 5.92 Å². The van der Waals surface area contributed by atoms with Crippen molar-refractivity contribution in [3.8, 4) is 0 Å². The quantitative estimate of drug-likeness (QED) is 0.807. The topological polar surface area (TPSA) is 62.4 Å². The van der Waals surface area contributed by atoms with Crippen LogP contribution in [0.3, 0.4) is 0 Å². The van der Waals surface area contributed by atoms with Gasteiger partial charge in [-0.25, -0.2) is 0 Å². The summed E-state index contributed by atoms with van der Waals surface area (Å²) in [6.07, 6.45) is 3.56. The SMILES string of the molecule is CC(O)C1CCN(c2ccnc(C(N)=S)c2)CC1. The first-order chi connectivity index (χ1) is 8.58. The number of nitrogens with zero attached hydrogens (tertiary/aromatic N) is 2. The minimum absolute atomic E-state index is 0.211. The lowest BCUT2D eigenvalue weighted by Crippen LogP contribution is -2.37. The van der Waals surface area contributed by atoms with E-state index in [-0.39, 0.29) is 6.10 Å². The van der Waals surface area contributed by atoms with Crippen LogP contribution in [-0.2, 0) is 0 Å². The normalized spacial score (nSPS) is 18.7. The molecule has 4 nitrogen and oxygen atoms in total. The Morgan fingerprint density at radius 2 is 2.22 bits per heavy atom. The van der Waals surface area contributed by atoms with Crippen LogP contribution in [0.4, 0.5) is 5.69 Å². The monoisotopic (exact) mass is 265 g/mol. The van der Waals surface area contributed by atoms with Crippen molar-refractivity contribution >= 4 is 22.9 Å². The van der Waals surface area contributed by atoms with Gasteiger partial charge in [0.05, 0.1) is 11.8 Å². The molecule has 2 rings (SSSR count). The molecule has 98 valence electrons. The van der Waals surface area contributed by atoms with E-state index >= 15 is 0 Å². The Bertz CT molecular complexity index is 428. The van der Waals surface area contributed by atoms with Gasteiger partial charge in [0.2, 0.25) is 0 Å². The highest BCUT2D eigenvalue weighted by Crippen LogP contribution is 2.25. The molecule has 1 saturated heterocycles. The van der Waals surface area contributed by atoms with Crippen LogP contribution in [0.1, 0.15) is 25.5 Å². The summed E-state index contributed by atoms with van der Waals surface area (Å²) >= 11 is 4.94. The lowest BCUT2D eigenvalue weighted by molar-refractivity contribution is 0.110. The Hall–Kier alpha value is -1.20. The highest BCUT2D eigenvalue weighted by molar-refractivity contribution is 7.80. The fraction of sp³-hybridized carbons (Fsp3) is 0.538. The Morgan fingerprint density at radius 1 is 1.56 bits per heavy atom. The van der Waals surface area contributed by atoms with Gasteiger partial charge in [0, 0.05) is 25.0 Å². The standard InChI is InChI=1S/C13H19N3OS/c1-9(17)10-3-6-16(7-4-10)11-2-5-15-12(8-11)13(14)18/h2,5,8-10,17H,3-4,6-7H2,1H3,(H2,14,18). The Morgan fingerprint density at radius 3 is 2.78 bits per heavy atom. The van der Waals surface area contributed by atoms with E-state index in [4.69, 9.17) is 18.0 Å². The second kappa shape index (κ2) is 5.63. The molecule has 1 aromatic heterocycles. The smallest absolute Gasteiger partial charge is 0.122 e. The van der Waals surface area contributed by atoms with Gasteiger partial charge in [-0.1, -0.05) is 12.2 Å². The van der Waals surface area contributed by atoms with Crippen molar-refractivity contribution < 1.29 is 5.11 Å². The van der Waals surface area contributed by atoms with E-state index in [1.54, 1.807) is 6.20 Å². The Kier molecular flexibility index (Phi) is 4.14. The van der Waals surface area contributed by atoms with Gasteiger partial charge in [0.25, 0.3) is 0 Å². The van der Waals surface area contributed by atoms with Gasteiger partial charge in [-0.15, -0.1) is 0 Å². The summed E-state index contributed by atoms with van der Waals surface area (Å²) < 4.78 is 0. The molecular formula is C13H19N3OS. The van der Waals surface area contributed by atoms with Crippen molar-refractivity contribution in [2.24, 2.45) is 11.7 Å². The van der Waals surface area contributed by atoms with Gasteiger partial charge in [-0.05, 0) is 37.8 Å². The molecule has 0 aliphatic carbocycles. The summed E-state index contributed by atoms with van der Waals surface area (Å²) in [6, 6.07) is 3.91. The number of hydrogen-bond acceptors (Lipinski definition) is 4. The molecule has 2 heterocycles. The first kappa shape index (κ1) is 13.2. The van der Waals surface area contributed by atoms with Crippen molar-refractivity contribution in [1.29, 1.82) is 0 Å². The molecule has 1 aliphatic rings. The third kappa shape index (κ3) is 2.97. The number of nitrogens with two attached hydrogens (primary N) is 1. The first-order valence-electron chi connectivity index (χ1n) is 6.27. The number of aliphatic hydroxyl groups excluding tert-OH is 1. The van der Waals surface area contributed by atoms with E-state index in [9.17, 15) is 5.11 Å². The lowest BCUT2D eigenvalue weighted by Gasteiger charge is -2.34. The van der Waals surface area contributed by atoms with Gasteiger partial charge >= 0.3 is 0 Å². The second-order valence-electron chi connectivity index (χ2n) is 4.83. The molecule has 0 radical (unpaired) electrons. The van der Waals surface area contributed by atoms with Gasteiger partial charge in [0.15, 0.2) is 0 Å². The summed E-state index contributed by atoms with van der Waals surface area (Å²) in [4.78, 5) is 6.77. The molecular weight excluding hydrogens is 246 g/mol. The zero-order chi connectivity index (χ0) is 13.1. The third-order valence-corrected chi connectivity index (χ3v) is 3.79. The van der Waals surface area contributed by atoms with Crippen molar-refractivity contribution in [2.45, 2.75) is 25.9 Å². The Balaban J connectivity index is 2.05. The highest BCUT2D eigenvalue weighted by Gasteiger charge is 2.22. The van der Waals surface area contributed by atoms with Crippen molar-refractivity contribution in [3.05, 3.63) is 24.0 Å². The second-order valence-corrected chi connectivity index (χ2v) is 5.27. The number of anilines is 1. The zero-order valence-electron chi connectivity index (χ0n) is 10.5. The molecule has 1 atom stereocenters. The predicted octanol–water partition coefficient (Wildman–Crippen LogP) is 1.31. The van der Waals surface area contributed by atoms with E-state index in [2.05, 4.69) is 9.88 Å². The molecule has 1 aliphatic heterocycles. The molecule has 0 spiro atoms. The zero-order valence-corrected chi connectivity index (χ0v) is 11.4. The molecule has 0 bridgehead atoms. The predicted molar refractivity (Wildman–Crippen MR) is 76.7 cm³/mol. The molecule has 1 unspecified atom stereocenters. The van der Waals surface area contributed by atoms with Crippen molar-refractivity contribution in [1.82, 2.24) is 4.98 Å². The molecule has 18 heavy (non-hydrogen) atoms. The van der Waals surface area contributed by atoms with Crippen molar-refractivity contribution in [3.63, 3.8) is 0 Å². The van der Waals surface area contributed by atoms with Crippen LogP contribution in [0.2, 0.25) is 0 Å². The van der Waals surface area contributed by atoms with E-state index in [0.717, 1.165) is 31.6 Å². The van der Waals surface area contributed by atoms with Gasteiger partial charge < -0.3 is 15.7 Å². The minimum Gasteiger partial charge on any atom is -0.393 e. The van der Waals surface area contributed by atoms with Crippen LogP contribution >= 0.6 is 12.2 Å². The van der Waals surface area contributed by atoms with E-state index in [0.29, 0.717) is 16.6 Å². The third-order valence-electron chi connectivity index (χ3n) is 3.58. The summed E-state index contributed by atoms with van der Waals surface area (Å²) in [6.45, 7) is 3.78. The molecule has 3 N–H and O–H groups in total. The van der Waals surface area contributed by atoms with E-state index in [1.165, 1.54) is 0 Å². The lowest BCUT2D eigenvalue weighted by atomic mass is 9.92. The average Bonchev–Trinajstić information content (AvgIpc) is 2.39. The summed E-state index contributed by atoms with van der Waals surface area (Å²) in [5.41, 5.74) is 7.37. The average molecular weight is 265 g/mol. The first-order valence-corrected chi connectivity index (χ1v) is 6.67.